The number of fused-ring (bicyclic) bond motifs is 2. The molecule has 4 rings (SSSR count). The van der Waals surface area contributed by atoms with Crippen molar-refractivity contribution >= 4 is 44.4 Å². The molecule has 142 valence electrons. The molecule has 0 unspecified atom stereocenters. The van der Waals surface area contributed by atoms with Crippen molar-refractivity contribution in [3.05, 3.63) is 59.2 Å². The van der Waals surface area contributed by atoms with Crippen molar-refractivity contribution in [1.29, 1.82) is 0 Å². The Balaban J connectivity index is 1.55. The van der Waals surface area contributed by atoms with Crippen LogP contribution in [0.25, 0.3) is 10.2 Å². The fraction of sp³-hybridized carbons (Fsp3) is 0.238. The van der Waals surface area contributed by atoms with Gasteiger partial charge in [-0.3, -0.25) is 24.6 Å². The van der Waals surface area contributed by atoms with E-state index in [1.807, 2.05) is 38.1 Å². The molecule has 0 atom stereocenters. The van der Waals surface area contributed by atoms with Gasteiger partial charge in [-0.25, -0.2) is 4.98 Å². The standard InChI is InChI=1S/C21H19N3O3S/c1-12(2)9-10-24-19(26)14-8-7-13(11-15(14)20(24)27)18(25)23-21-22-16-5-3-4-6-17(16)28-21/h3-8,11-12H,9-10H2,1-2H3,(H,22,23,25). The van der Waals surface area contributed by atoms with Gasteiger partial charge in [-0.05, 0) is 42.7 Å². The molecule has 0 radical (unpaired) electrons. The lowest BCUT2D eigenvalue weighted by molar-refractivity contribution is 0.0647. The zero-order chi connectivity index (χ0) is 19.8. The van der Waals surface area contributed by atoms with E-state index < -0.39 is 0 Å². The van der Waals surface area contributed by atoms with Crippen LogP contribution in [-0.2, 0) is 0 Å². The fourth-order valence-electron chi connectivity index (χ4n) is 3.12. The number of imide groups is 1. The van der Waals surface area contributed by atoms with Crippen molar-refractivity contribution in [2.24, 2.45) is 5.92 Å². The number of carbonyl (C=O) groups excluding carboxylic acids is 3. The lowest BCUT2D eigenvalue weighted by atomic mass is 10.1. The van der Waals surface area contributed by atoms with Crippen LogP contribution in [0.5, 0.6) is 0 Å². The molecule has 0 spiro atoms. The third-order valence-electron chi connectivity index (χ3n) is 4.68. The third kappa shape index (κ3) is 3.29. The Bertz CT molecular complexity index is 1070. The van der Waals surface area contributed by atoms with Gasteiger partial charge in [0, 0.05) is 12.1 Å². The summed E-state index contributed by atoms with van der Waals surface area (Å²) in [5.41, 5.74) is 1.78. The maximum atomic E-state index is 12.6. The molecule has 3 aromatic rings. The van der Waals surface area contributed by atoms with E-state index in [1.165, 1.54) is 22.3 Å². The highest BCUT2D eigenvalue weighted by Gasteiger charge is 2.35. The number of amides is 3. The zero-order valence-corrected chi connectivity index (χ0v) is 16.4. The van der Waals surface area contributed by atoms with Gasteiger partial charge in [0.15, 0.2) is 5.13 Å². The smallest absolute Gasteiger partial charge is 0.261 e. The monoisotopic (exact) mass is 393 g/mol. The number of rotatable bonds is 5. The minimum absolute atomic E-state index is 0.283. The first-order valence-corrected chi connectivity index (χ1v) is 9.93. The average molecular weight is 393 g/mol. The van der Waals surface area contributed by atoms with Crippen LogP contribution in [0.4, 0.5) is 5.13 Å². The lowest BCUT2D eigenvalue weighted by Crippen LogP contribution is -2.31. The second-order valence-electron chi connectivity index (χ2n) is 7.15. The second-order valence-corrected chi connectivity index (χ2v) is 8.18. The van der Waals surface area contributed by atoms with Gasteiger partial charge in [0.05, 0.1) is 21.3 Å². The Kier molecular flexibility index (Phi) is 4.68. The van der Waals surface area contributed by atoms with Crippen LogP contribution in [0.3, 0.4) is 0 Å². The molecular formula is C21H19N3O3S. The molecule has 1 aliphatic heterocycles. The Labute approximate surface area is 166 Å². The van der Waals surface area contributed by atoms with E-state index in [0.29, 0.717) is 28.7 Å². The largest absolute Gasteiger partial charge is 0.298 e. The Morgan fingerprint density at radius 1 is 1.11 bits per heavy atom. The summed E-state index contributed by atoms with van der Waals surface area (Å²) in [5, 5.41) is 3.27. The van der Waals surface area contributed by atoms with E-state index >= 15 is 0 Å². The van der Waals surface area contributed by atoms with Gasteiger partial charge in [0.1, 0.15) is 0 Å². The number of anilines is 1. The van der Waals surface area contributed by atoms with Crippen molar-refractivity contribution in [3.63, 3.8) is 0 Å². The molecule has 3 amide bonds. The van der Waals surface area contributed by atoms with Gasteiger partial charge >= 0.3 is 0 Å². The van der Waals surface area contributed by atoms with E-state index in [-0.39, 0.29) is 23.3 Å². The summed E-state index contributed by atoms with van der Waals surface area (Å²) in [6.07, 6.45) is 0.746. The molecule has 0 aliphatic carbocycles. The highest BCUT2D eigenvalue weighted by Crippen LogP contribution is 2.27. The van der Waals surface area contributed by atoms with Crippen LogP contribution in [-0.4, -0.2) is 34.2 Å². The van der Waals surface area contributed by atoms with Crippen LogP contribution < -0.4 is 5.32 Å². The van der Waals surface area contributed by atoms with Crippen molar-refractivity contribution in [2.75, 3.05) is 11.9 Å². The van der Waals surface area contributed by atoms with Crippen LogP contribution in [0.1, 0.15) is 51.3 Å². The normalized spacial score (nSPS) is 13.5. The maximum absolute atomic E-state index is 12.6. The molecule has 1 aliphatic rings. The number of para-hydroxylation sites is 1. The van der Waals surface area contributed by atoms with Gasteiger partial charge in [-0.2, -0.15) is 0 Å². The molecule has 0 saturated heterocycles. The molecule has 6 nitrogen and oxygen atoms in total. The summed E-state index contributed by atoms with van der Waals surface area (Å²) in [7, 11) is 0. The predicted octanol–water partition coefficient (Wildman–Crippen LogP) is 4.19. The second kappa shape index (κ2) is 7.16. The van der Waals surface area contributed by atoms with Crippen LogP contribution in [0, 0.1) is 5.92 Å². The van der Waals surface area contributed by atoms with Crippen LogP contribution in [0.15, 0.2) is 42.5 Å². The molecule has 0 fully saturated rings. The van der Waals surface area contributed by atoms with Gasteiger partial charge in [0.2, 0.25) is 0 Å². The summed E-state index contributed by atoms with van der Waals surface area (Å²) in [6, 6.07) is 12.2. The number of hydrogen-bond acceptors (Lipinski definition) is 5. The minimum atomic E-state index is -0.359. The number of benzene rings is 2. The molecule has 0 bridgehead atoms. The SMILES string of the molecule is CC(C)CCN1C(=O)c2ccc(C(=O)Nc3nc4ccccc4s3)cc2C1=O. The number of nitrogens with one attached hydrogen (secondary N) is 1. The molecule has 1 N–H and O–H groups in total. The van der Waals surface area contributed by atoms with Gasteiger partial charge in [-0.1, -0.05) is 37.3 Å². The lowest BCUT2D eigenvalue weighted by Gasteiger charge is -2.14. The molecule has 28 heavy (non-hydrogen) atoms. The molecule has 2 heterocycles. The zero-order valence-electron chi connectivity index (χ0n) is 15.6. The number of thiazole rings is 1. The van der Waals surface area contributed by atoms with Crippen molar-refractivity contribution in [3.8, 4) is 0 Å². The van der Waals surface area contributed by atoms with Crippen molar-refractivity contribution in [1.82, 2.24) is 9.88 Å². The highest BCUT2D eigenvalue weighted by atomic mass is 32.1. The first-order chi connectivity index (χ1) is 13.4. The van der Waals surface area contributed by atoms with Crippen LogP contribution in [0.2, 0.25) is 0 Å². The molecule has 1 aromatic heterocycles. The Hall–Kier alpha value is -3.06. The van der Waals surface area contributed by atoms with Crippen LogP contribution >= 0.6 is 11.3 Å². The number of nitrogens with zero attached hydrogens (tertiary/aromatic N) is 2. The molecule has 2 aromatic carbocycles. The average Bonchev–Trinajstić information content (AvgIpc) is 3.18. The van der Waals surface area contributed by atoms with E-state index in [2.05, 4.69) is 10.3 Å². The minimum Gasteiger partial charge on any atom is -0.298 e. The quantitative estimate of drug-likeness (QED) is 0.659. The number of aromatic nitrogens is 1. The highest BCUT2D eigenvalue weighted by molar-refractivity contribution is 7.22. The number of hydrogen-bond donors (Lipinski definition) is 1. The number of carbonyl (C=O) groups is 3. The topological polar surface area (TPSA) is 79.4 Å². The summed E-state index contributed by atoms with van der Waals surface area (Å²) >= 11 is 1.38. The van der Waals surface area contributed by atoms with Crippen molar-refractivity contribution in [2.45, 2.75) is 20.3 Å². The Morgan fingerprint density at radius 2 is 1.86 bits per heavy atom. The van der Waals surface area contributed by atoms with Crippen molar-refractivity contribution < 1.29 is 14.4 Å². The third-order valence-corrected chi connectivity index (χ3v) is 5.63. The molecule has 0 saturated carbocycles. The molecule has 7 heteroatoms. The fourth-order valence-corrected chi connectivity index (χ4v) is 3.98. The first kappa shape index (κ1) is 18.3. The molecular weight excluding hydrogens is 374 g/mol. The Morgan fingerprint density at radius 3 is 2.61 bits per heavy atom. The van der Waals surface area contributed by atoms with E-state index in [4.69, 9.17) is 0 Å². The first-order valence-electron chi connectivity index (χ1n) is 9.11. The van der Waals surface area contributed by atoms with E-state index in [0.717, 1.165) is 16.6 Å². The van der Waals surface area contributed by atoms with Gasteiger partial charge < -0.3 is 0 Å². The van der Waals surface area contributed by atoms with Gasteiger partial charge in [0.25, 0.3) is 17.7 Å². The predicted molar refractivity (Wildman–Crippen MR) is 109 cm³/mol. The summed E-state index contributed by atoms with van der Waals surface area (Å²) in [4.78, 5) is 43.4. The summed E-state index contributed by atoms with van der Waals surface area (Å²) < 4.78 is 0.980. The maximum Gasteiger partial charge on any atom is 0.261 e. The van der Waals surface area contributed by atoms with Gasteiger partial charge in [-0.15, -0.1) is 0 Å². The van der Waals surface area contributed by atoms with E-state index in [1.54, 1.807) is 12.1 Å². The summed E-state index contributed by atoms with van der Waals surface area (Å²) in [6.45, 7) is 4.47. The summed E-state index contributed by atoms with van der Waals surface area (Å²) in [5.74, 6) is -0.601. The van der Waals surface area contributed by atoms with E-state index in [9.17, 15) is 14.4 Å².